The molecule has 0 atom stereocenters. The number of halogens is 3. The van der Waals surface area contributed by atoms with Crippen LogP contribution in [-0.2, 0) is 0 Å². The van der Waals surface area contributed by atoms with Crippen molar-refractivity contribution in [3.8, 4) is 0 Å². The summed E-state index contributed by atoms with van der Waals surface area (Å²) in [6.45, 7) is -0.0360. The third-order valence-electron chi connectivity index (χ3n) is 1.86. The van der Waals surface area contributed by atoms with Crippen LogP contribution in [0.4, 0.5) is 13.2 Å². The Hall–Kier alpha value is -0.890. The largest absolute Gasteiger partial charge is 0.441 e. The van der Waals surface area contributed by atoms with Crippen LogP contribution in [0.25, 0.3) is 0 Å². The van der Waals surface area contributed by atoms with Crippen molar-refractivity contribution in [2.75, 3.05) is 18.6 Å². The number of nitrogens with zero attached hydrogens (tertiary/aromatic N) is 1. The number of alkyl halides is 3. The van der Waals surface area contributed by atoms with Crippen LogP contribution in [0.3, 0.4) is 0 Å². The van der Waals surface area contributed by atoms with Crippen molar-refractivity contribution in [2.45, 2.75) is 10.5 Å². The summed E-state index contributed by atoms with van der Waals surface area (Å²) in [6.07, 6.45) is 3.33. The topological polar surface area (TPSA) is 42.0 Å². The van der Waals surface area contributed by atoms with Gasteiger partial charge in [0.1, 0.15) is 5.03 Å². The SMILES string of the molecule is CSc1ncccc1C(=O)NCCSC(F)(F)F. The number of pyridine rings is 1. The second-order valence-electron chi connectivity index (χ2n) is 3.11. The summed E-state index contributed by atoms with van der Waals surface area (Å²) >= 11 is 1.16. The number of rotatable bonds is 5. The monoisotopic (exact) mass is 296 g/mol. The van der Waals surface area contributed by atoms with E-state index in [1.807, 2.05) is 0 Å². The fourth-order valence-corrected chi connectivity index (χ4v) is 2.14. The molecule has 0 saturated carbocycles. The van der Waals surface area contributed by atoms with Crippen molar-refractivity contribution in [1.82, 2.24) is 10.3 Å². The van der Waals surface area contributed by atoms with E-state index in [1.165, 1.54) is 11.8 Å². The van der Waals surface area contributed by atoms with Crippen molar-refractivity contribution in [3.63, 3.8) is 0 Å². The predicted molar refractivity (Wildman–Crippen MR) is 66.9 cm³/mol. The maximum absolute atomic E-state index is 11.9. The molecule has 100 valence electrons. The average Bonchev–Trinajstić information content (AvgIpc) is 2.33. The zero-order chi connectivity index (χ0) is 13.6. The Labute approximate surface area is 111 Å². The maximum atomic E-state index is 11.9. The van der Waals surface area contributed by atoms with Gasteiger partial charge in [-0.15, -0.1) is 11.8 Å². The Morgan fingerprint density at radius 2 is 2.22 bits per heavy atom. The van der Waals surface area contributed by atoms with Gasteiger partial charge in [0, 0.05) is 18.5 Å². The van der Waals surface area contributed by atoms with Gasteiger partial charge in [-0.2, -0.15) is 13.2 Å². The molecule has 1 aromatic rings. The number of hydrogen-bond acceptors (Lipinski definition) is 4. The van der Waals surface area contributed by atoms with Crippen molar-refractivity contribution in [2.24, 2.45) is 0 Å². The van der Waals surface area contributed by atoms with Crippen molar-refractivity contribution >= 4 is 29.4 Å². The number of carbonyl (C=O) groups excluding carboxylic acids is 1. The number of thioether (sulfide) groups is 2. The van der Waals surface area contributed by atoms with Crippen LogP contribution in [0.5, 0.6) is 0 Å². The van der Waals surface area contributed by atoms with E-state index >= 15 is 0 Å². The molecule has 1 rings (SSSR count). The molecular weight excluding hydrogens is 285 g/mol. The first kappa shape index (κ1) is 15.2. The van der Waals surface area contributed by atoms with Crippen molar-refractivity contribution in [1.29, 1.82) is 0 Å². The van der Waals surface area contributed by atoms with Gasteiger partial charge in [0.25, 0.3) is 5.91 Å². The quantitative estimate of drug-likeness (QED) is 0.670. The molecule has 1 N–H and O–H groups in total. The minimum absolute atomic E-state index is 0.0360. The Kier molecular flexibility index (Phi) is 5.80. The summed E-state index contributed by atoms with van der Waals surface area (Å²) in [5.74, 6) is -0.611. The number of carbonyl (C=O) groups is 1. The van der Waals surface area contributed by atoms with Crippen molar-refractivity contribution in [3.05, 3.63) is 23.9 Å². The molecule has 8 heteroatoms. The standard InChI is InChI=1S/C10H11F3N2OS2/c1-17-9-7(3-2-4-15-9)8(16)14-5-6-18-10(11,12)13/h2-4H,5-6H2,1H3,(H,14,16). The number of amides is 1. The predicted octanol–water partition coefficient (Wildman–Crippen LogP) is 2.79. The summed E-state index contributed by atoms with van der Waals surface area (Å²) < 4.78 is 35.6. The molecule has 0 bridgehead atoms. The van der Waals surface area contributed by atoms with Gasteiger partial charge in [-0.25, -0.2) is 4.98 Å². The minimum Gasteiger partial charge on any atom is -0.351 e. The van der Waals surface area contributed by atoms with E-state index in [-0.39, 0.29) is 24.1 Å². The van der Waals surface area contributed by atoms with Gasteiger partial charge in [0.05, 0.1) is 5.56 Å². The first-order valence-corrected chi connectivity index (χ1v) is 7.13. The lowest BCUT2D eigenvalue weighted by atomic mass is 10.3. The molecule has 0 fully saturated rings. The van der Waals surface area contributed by atoms with Crippen LogP contribution in [-0.4, -0.2) is 35.0 Å². The summed E-state index contributed by atoms with van der Waals surface area (Å²) in [5, 5.41) is 2.99. The van der Waals surface area contributed by atoms with Crippen LogP contribution >= 0.6 is 23.5 Å². The van der Waals surface area contributed by atoms with Gasteiger partial charge >= 0.3 is 5.51 Å². The second kappa shape index (κ2) is 6.89. The highest BCUT2D eigenvalue weighted by atomic mass is 32.2. The molecule has 1 amide bonds. The average molecular weight is 296 g/mol. The molecule has 0 aliphatic rings. The van der Waals surface area contributed by atoms with Crippen LogP contribution in [0.2, 0.25) is 0 Å². The molecule has 3 nitrogen and oxygen atoms in total. The highest BCUT2D eigenvalue weighted by Crippen LogP contribution is 2.29. The van der Waals surface area contributed by atoms with Crippen LogP contribution in [0.1, 0.15) is 10.4 Å². The van der Waals surface area contributed by atoms with E-state index in [9.17, 15) is 18.0 Å². The molecule has 18 heavy (non-hydrogen) atoms. The normalized spacial score (nSPS) is 11.3. The zero-order valence-electron chi connectivity index (χ0n) is 9.45. The highest BCUT2D eigenvalue weighted by molar-refractivity contribution is 8.00. The highest BCUT2D eigenvalue weighted by Gasteiger charge is 2.27. The smallest absolute Gasteiger partial charge is 0.351 e. The molecule has 1 heterocycles. The minimum atomic E-state index is -4.26. The van der Waals surface area contributed by atoms with Crippen LogP contribution < -0.4 is 5.32 Å². The van der Waals surface area contributed by atoms with Gasteiger partial charge in [-0.1, -0.05) is 0 Å². The summed E-state index contributed by atoms with van der Waals surface area (Å²) in [5.41, 5.74) is -3.88. The van der Waals surface area contributed by atoms with Gasteiger partial charge < -0.3 is 5.32 Å². The van der Waals surface area contributed by atoms with E-state index in [0.717, 1.165) is 0 Å². The first-order chi connectivity index (χ1) is 8.44. The van der Waals surface area contributed by atoms with E-state index < -0.39 is 11.4 Å². The first-order valence-electron chi connectivity index (χ1n) is 4.92. The van der Waals surface area contributed by atoms with Gasteiger partial charge in [0.2, 0.25) is 0 Å². The third-order valence-corrected chi connectivity index (χ3v) is 3.31. The van der Waals surface area contributed by atoms with E-state index in [4.69, 9.17) is 0 Å². The summed E-state index contributed by atoms with van der Waals surface area (Å²) in [4.78, 5) is 15.7. The molecule has 0 saturated heterocycles. The fraction of sp³-hybridized carbons (Fsp3) is 0.400. The lowest BCUT2D eigenvalue weighted by molar-refractivity contribution is -0.0327. The Bertz CT molecular complexity index is 412. The van der Waals surface area contributed by atoms with Gasteiger partial charge in [-0.3, -0.25) is 4.79 Å². The lowest BCUT2D eigenvalue weighted by Crippen LogP contribution is -2.27. The molecule has 0 aliphatic heterocycles. The molecule has 0 spiro atoms. The summed E-state index contributed by atoms with van der Waals surface area (Å²) in [6, 6.07) is 3.20. The molecule has 0 aromatic carbocycles. The summed E-state index contributed by atoms with van der Waals surface area (Å²) in [7, 11) is 0. The van der Waals surface area contributed by atoms with E-state index in [2.05, 4.69) is 10.3 Å². The Morgan fingerprint density at radius 1 is 1.50 bits per heavy atom. The molecule has 0 aliphatic carbocycles. The molecule has 1 aromatic heterocycles. The van der Waals surface area contributed by atoms with Crippen LogP contribution in [0, 0.1) is 0 Å². The second-order valence-corrected chi connectivity index (χ2v) is 5.07. The lowest BCUT2D eigenvalue weighted by Gasteiger charge is -2.08. The van der Waals surface area contributed by atoms with Crippen LogP contribution in [0.15, 0.2) is 23.4 Å². The molecular formula is C10H11F3N2OS2. The maximum Gasteiger partial charge on any atom is 0.441 e. The molecule has 0 unspecified atom stereocenters. The van der Waals surface area contributed by atoms with E-state index in [1.54, 1.807) is 24.6 Å². The number of nitrogens with one attached hydrogen (secondary N) is 1. The van der Waals surface area contributed by atoms with Gasteiger partial charge in [-0.05, 0) is 30.2 Å². The molecule has 0 radical (unpaired) electrons. The Balaban J connectivity index is 2.46. The van der Waals surface area contributed by atoms with E-state index in [0.29, 0.717) is 10.6 Å². The number of hydrogen-bond donors (Lipinski definition) is 1. The number of aromatic nitrogens is 1. The van der Waals surface area contributed by atoms with Crippen molar-refractivity contribution < 1.29 is 18.0 Å². The fourth-order valence-electron chi connectivity index (χ4n) is 1.15. The Morgan fingerprint density at radius 3 is 2.83 bits per heavy atom. The zero-order valence-corrected chi connectivity index (χ0v) is 11.1. The third kappa shape index (κ3) is 5.18. The van der Waals surface area contributed by atoms with Gasteiger partial charge in [0.15, 0.2) is 0 Å².